The van der Waals surface area contributed by atoms with E-state index in [1.807, 2.05) is 0 Å². The summed E-state index contributed by atoms with van der Waals surface area (Å²) in [6, 6.07) is 0.197. The molecular formula is C8H6ClF5N2O3S. The maximum absolute atomic E-state index is 12.7. The van der Waals surface area contributed by atoms with E-state index in [0.717, 1.165) is 0 Å². The zero-order valence-corrected chi connectivity index (χ0v) is 10.9. The van der Waals surface area contributed by atoms with Gasteiger partial charge in [-0.25, -0.2) is 22.2 Å². The number of hydrogen-bond acceptors (Lipinski definition) is 5. The van der Waals surface area contributed by atoms with Crippen molar-refractivity contribution in [3.05, 3.63) is 17.3 Å². The second kappa shape index (κ2) is 5.66. The summed E-state index contributed by atoms with van der Waals surface area (Å²) in [7, 11) is 0.212. The van der Waals surface area contributed by atoms with Crippen LogP contribution < -0.4 is 10.5 Å². The van der Waals surface area contributed by atoms with Crippen LogP contribution in [0.5, 0.6) is 5.75 Å². The molecule has 1 rings (SSSR count). The Balaban J connectivity index is 3.54. The van der Waals surface area contributed by atoms with Gasteiger partial charge in [0.25, 0.3) is 15.5 Å². The maximum atomic E-state index is 12.7. The lowest BCUT2D eigenvalue weighted by Gasteiger charge is -2.14. The Kier molecular flexibility index (Phi) is 4.77. The van der Waals surface area contributed by atoms with E-state index in [0.29, 0.717) is 0 Å². The molecule has 0 amide bonds. The van der Waals surface area contributed by atoms with Crippen LogP contribution in [0.4, 0.5) is 22.0 Å². The third-order valence-electron chi connectivity index (χ3n) is 1.94. The summed E-state index contributed by atoms with van der Waals surface area (Å²) in [5.74, 6) is -1.11. The van der Waals surface area contributed by atoms with E-state index < -0.39 is 50.4 Å². The number of halogens is 6. The Bertz CT molecular complexity index is 605. The number of nitrogens with zero attached hydrogens (tertiary/aromatic N) is 1. The molecule has 114 valence electrons. The highest BCUT2D eigenvalue weighted by molar-refractivity contribution is 8.13. The monoisotopic (exact) mass is 340 g/mol. The van der Waals surface area contributed by atoms with Gasteiger partial charge in [-0.2, -0.15) is 0 Å². The molecule has 2 N–H and O–H groups in total. The van der Waals surface area contributed by atoms with Crippen LogP contribution in [0.2, 0.25) is 0 Å². The van der Waals surface area contributed by atoms with Gasteiger partial charge in [0.15, 0.2) is 10.8 Å². The highest BCUT2D eigenvalue weighted by Gasteiger charge is 2.34. The minimum absolute atomic E-state index is 0.197. The Morgan fingerprint density at radius 2 is 1.95 bits per heavy atom. The summed E-state index contributed by atoms with van der Waals surface area (Å²) in [6.07, 6.45) is -8.60. The standard InChI is InChI=1S/C8H6ClF5N2O3S/c9-20(17,18)7-3(6(10)11)1-5(4(2-15)16-7)19-8(12,13)14/h1,6H,2,15H2. The molecule has 0 bridgehead atoms. The number of rotatable bonds is 4. The van der Waals surface area contributed by atoms with Gasteiger partial charge in [-0.15, -0.1) is 13.2 Å². The predicted octanol–water partition coefficient (Wildman–Crippen LogP) is 2.30. The molecule has 0 radical (unpaired) electrons. The van der Waals surface area contributed by atoms with Gasteiger partial charge >= 0.3 is 6.36 Å². The number of aromatic nitrogens is 1. The number of pyridine rings is 1. The molecule has 20 heavy (non-hydrogen) atoms. The molecule has 0 aromatic carbocycles. The van der Waals surface area contributed by atoms with Crippen LogP contribution in [-0.4, -0.2) is 19.8 Å². The van der Waals surface area contributed by atoms with Gasteiger partial charge in [-0.3, -0.25) is 0 Å². The molecule has 12 heteroatoms. The number of nitrogens with two attached hydrogens (primary N) is 1. The fourth-order valence-corrected chi connectivity index (χ4v) is 2.26. The van der Waals surface area contributed by atoms with Gasteiger partial charge in [-0.05, 0) is 6.07 Å². The highest BCUT2D eigenvalue weighted by atomic mass is 35.7. The molecule has 0 fully saturated rings. The van der Waals surface area contributed by atoms with Crippen molar-refractivity contribution in [2.75, 3.05) is 0 Å². The third kappa shape index (κ3) is 4.15. The molecule has 1 heterocycles. The number of hydrogen-bond donors (Lipinski definition) is 1. The molecule has 0 saturated carbocycles. The summed E-state index contributed by atoms with van der Waals surface area (Å²) in [4.78, 5) is 3.12. The van der Waals surface area contributed by atoms with E-state index in [1.165, 1.54) is 0 Å². The van der Waals surface area contributed by atoms with E-state index >= 15 is 0 Å². The van der Waals surface area contributed by atoms with Crippen molar-refractivity contribution in [2.24, 2.45) is 5.73 Å². The molecule has 0 saturated heterocycles. The van der Waals surface area contributed by atoms with E-state index in [-0.39, 0.29) is 6.07 Å². The molecule has 5 nitrogen and oxygen atoms in total. The fourth-order valence-electron chi connectivity index (χ4n) is 1.24. The van der Waals surface area contributed by atoms with Gasteiger partial charge < -0.3 is 10.5 Å². The molecule has 0 atom stereocenters. The average molecular weight is 341 g/mol. The second-order valence-corrected chi connectivity index (χ2v) is 5.80. The lowest BCUT2D eigenvalue weighted by Crippen LogP contribution is -2.20. The number of alkyl halides is 5. The molecule has 1 aromatic heterocycles. The van der Waals surface area contributed by atoms with Crippen LogP contribution in [0.15, 0.2) is 11.1 Å². The first kappa shape index (κ1) is 16.9. The summed E-state index contributed by atoms with van der Waals surface area (Å²) in [5, 5.41) is -1.26. The number of ether oxygens (including phenoxy) is 1. The van der Waals surface area contributed by atoms with Crippen molar-refractivity contribution in [1.29, 1.82) is 0 Å². The second-order valence-electron chi connectivity index (χ2n) is 3.32. The zero-order valence-electron chi connectivity index (χ0n) is 9.29. The van der Waals surface area contributed by atoms with Crippen LogP contribution in [0, 0.1) is 0 Å². The Morgan fingerprint density at radius 1 is 1.40 bits per heavy atom. The highest BCUT2D eigenvalue weighted by Crippen LogP contribution is 2.34. The molecule has 0 unspecified atom stereocenters. The third-order valence-corrected chi connectivity index (χ3v) is 3.17. The van der Waals surface area contributed by atoms with Gasteiger partial charge in [0.2, 0.25) is 0 Å². The van der Waals surface area contributed by atoms with E-state index in [9.17, 15) is 30.4 Å². The zero-order chi connectivity index (χ0) is 15.7. The maximum Gasteiger partial charge on any atom is 0.573 e. The molecule has 0 spiro atoms. The topological polar surface area (TPSA) is 82.3 Å². The minimum atomic E-state index is -5.17. The van der Waals surface area contributed by atoms with Crippen molar-refractivity contribution in [3.63, 3.8) is 0 Å². The smallest absolute Gasteiger partial charge is 0.404 e. The van der Waals surface area contributed by atoms with E-state index in [1.54, 1.807) is 0 Å². The minimum Gasteiger partial charge on any atom is -0.404 e. The van der Waals surface area contributed by atoms with Crippen molar-refractivity contribution < 1.29 is 35.1 Å². The normalized spacial score (nSPS) is 12.8. The molecular weight excluding hydrogens is 335 g/mol. The van der Waals surface area contributed by atoms with Crippen LogP contribution in [0.3, 0.4) is 0 Å². The summed E-state index contributed by atoms with van der Waals surface area (Å²) in [5.41, 5.74) is 3.09. The van der Waals surface area contributed by atoms with Gasteiger partial charge in [-0.1, -0.05) is 0 Å². The SMILES string of the molecule is NCc1nc(S(=O)(=O)Cl)c(C(F)F)cc1OC(F)(F)F. The largest absolute Gasteiger partial charge is 0.573 e. The Hall–Kier alpha value is -1.20. The quantitative estimate of drug-likeness (QED) is 0.672. The predicted molar refractivity (Wildman–Crippen MR) is 56.8 cm³/mol. The molecule has 1 aromatic rings. The Morgan fingerprint density at radius 3 is 2.30 bits per heavy atom. The van der Waals surface area contributed by atoms with Crippen LogP contribution in [0.25, 0.3) is 0 Å². The van der Waals surface area contributed by atoms with Crippen molar-refractivity contribution >= 4 is 19.7 Å². The van der Waals surface area contributed by atoms with Crippen LogP contribution >= 0.6 is 10.7 Å². The van der Waals surface area contributed by atoms with E-state index in [2.05, 4.69) is 9.72 Å². The fraction of sp³-hybridized carbons (Fsp3) is 0.375. The van der Waals surface area contributed by atoms with Crippen LogP contribution in [0.1, 0.15) is 17.7 Å². The lowest BCUT2D eigenvalue weighted by atomic mass is 10.2. The first-order chi connectivity index (χ1) is 8.95. The van der Waals surface area contributed by atoms with Gasteiger partial charge in [0, 0.05) is 17.2 Å². The van der Waals surface area contributed by atoms with Crippen LogP contribution in [-0.2, 0) is 15.6 Å². The van der Waals surface area contributed by atoms with Gasteiger partial charge in [0.05, 0.1) is 11.3 Å². The summed E-state index contributed by atoms with van der Waals surface area (Å²) >= 11 is 0. The summed E-state index contributed by atoms with van der Waals surface area (Å²) < 4.78 is 87.3. The van der Waals surface area contributed by atoms with E-state index in [4.69, 9.17) is 16.4 Å². The lowest BCUT2D eigenvalue weighted by molar-refractivity contribution is -0.275. The first-order valence-electron chi connectivity index (χ1n) is 4.68. The van der Waals surface area contributed by atoms with Crippen molar-refractivity contribution in [2.45, 2.75) is 24.4 Å². The molecule has 0 aliphatic rings. The molecule has 0 aliphatic heterocycles. The van der Waals surface area contributed by atoms with Crippen molar-refractivity contribution in [3.8, 4) is 5.75 Å². The Labute approximate surface area is 113 Å². The summed E-state index contributed by atoms with van der Waals surface area (Å²) in [6.45, 7) is -0.672. The molecule has 0 aliphatic carbocycles. The average Bonchev–Trinajstić information content (AvgIpc) is 2.24. The van der Waals surface area contributed by atoms with Crippen molar-refractivity contribution in [1.82, 2.24) is 4.98 Å². The first-order valence-corrected chi connectivity index (χ1v) is 6.99. The van der Waals surface area contributed by atoms with Gasteiger partial charge in [0.1, 0.15) is 0 Å².